The first kappa shape index (κ1) is 13.1. The van der Waals surface area contributed by atoms with Gasteiger partial charge in [-0.25, -0.2) is 0 Å². The highest BCUT2D eigenvalue weighted by atomic mass is 15.2. The molecule has 0 saturated carbocycles. The monoisotopic (exact) mass is 259 g/mol. The second kappa shape index (κ2) is 6.02. The number of hydrogen-bond donors (Lipinski definition) is 1. The molecular formula is C16H25N3. The summed E-state index contributed by atoms with van der Waals surface area (Å²) in [5.41, 5.74) is 1.40. The summed E-state index contributed by atoms with van der Waals surface area (Å²) in [5.74, 6) is 1.69. The molecule has 0 radical (unpaired) electrons. The maximum atomic E-state index is 4.30. The van der Waals surface area contributed by atoms with Crippen molar-refractivity contribution >= 4 is 0 Å². The SMILES string of the molecule is CC1CC(c2cccnc2)N(CC2CCNCC2)C1. The van der Waals surface area contributed by atoms with Crippen LogP contribution >= 0.6 is 0 Å². The van der Waals surface area contributed by atoms with E-state index in [1.54, 1.807) is 0 Å². The number of nitrogens with one attached hydrogen (secondary N) is 1. The minimum absolute atomic E-state index is 0.596. The van der Waals surface area contributed by atoms with Gasteiger partial charge in [0.2, 0.25) is 0 Å². The number of hydrogen-bond acceptors (Lipinski definition) is 3. The van der Waals surface area contributed by atoms with Crippen molar-refractivity contribution in [1.29, 1.82) is 0 Å². The molecule has 1 aromatic rings. The first-order valence-electron chi connectivity index (χ1n) is 7.67. The molecule has 2 fully saturated rings. The van der Waals surface area contributed by atoms with E-state index in [1.165, 1.54) is 51.0 Å². The van der Waals surface area contributed by atoms with Crippen LogP contribution in [0.2, 0.25) is 0 Å². The fourth-order valence-electron chi connectivity index (χ4n) is 3.65. The summed E-state index contributed by atoms with van der Waals surface area (Å²) in [5, 5.41) is 3.46. The summed E-state index contributed by atoms with van der Waals surface area (Å²) in [4.78, 5) is 7.00. The average molecular weight is 259 g/mol. The van der Waals surface area contributed by atoms with Gasteiger partial charge >= 0.3 is 0 Å². The van der Waals surface area contributed by atoms with Crippen LogP contribution in [0.25, 0.3) is 0 Å². The lowest BCUT2D eigenvalue weighted by Gasteiger charge is -2.31. The Morgan fingerprint density at radius 1 is 1.37 bits per heavy atom. The Hall–Kier alpha value is -0.930. The molecule has 3 heteroatoms. The zero-order chi connectivity index (χ0) is 13.1. The number of likely N-dealkylation sites (tertiary alicyclic amines) is 1. The quantitative estimate of drug-likeness (QED) is 0.904. The third-order valence-electron chi connectivity index (χ3n) is 4.63. The van der Waals surface area contributed by atoms with Gasteiger partial charge in [0, 0.05) is 31.5 Å². The molecule has 3 nitrogen and oxygen atoms in total. The number of piperidine rings is 1. The van der Waals surface area contributed by atoms with Crippen LogP contribution in [0.15, 0.2) is 24.5 Å². The highest BCUT2D eigenvalue weighted by Gasteiger charge is 2.32. The average Bonchev–Trinajstić information content (AvgIpc) is 2.82. The van der Waals surface area contributed by atoms with Gasteiger partial charge in [-0.3, -0.25) is 9.88 Å². The molecule has 0 bridgehead atoms. The molecule has 0 aromatic carbocycles. The third kappa shape index (κ3) is 3.15. The maximum Gasteiger partial charge on any atom is 0.0366 e. The van der Waals surface area contributed by atoms with E-state index in [9.17, 15) is 0 Å². The molecule has 2 aliphatic rings. The van der Waals surface area contributed by atoms with E-state index < -0.39 is 0 Å². The lowest BCUT2D eigenvalue weighted by atomic mass is 9.96. The van der Waals surface area contributed by atoms with Gasteiger partial charge in [-0.1, -0.05) is 13.0 Å². The molecule has 19 heavy (non-hydrogen) atoms. The number of rotatable bonds is 3. The van der Waals surface area contributed by atoms with E-state index in [0.29, 0.717) is 6.04 Å². The minimum Gasteiger partial charge on any atom is -0.317 e. The molecule has 1 aromatic heterocycles. The standard InChI is InChI=1S/C16H25N3/c1-13-9-16(15-3-2-6-18-10-15)19(11-13)12-14-4-7-17-8-5-14/h2-3,6,10,13-14,16-17H,4-5,7-9,11-12H2,1H3. The Kier molecular flexibility index (Phi) is 4.14. The van der Waals surface area contributed by atoms with Gasteiger partial charge in [-0.15, -0.1) is 0 Å². The van der Waals surface area contributed by atoms with Crippen molar-refractivity contribution in [1.82, 2.24) is 15.2 Å². The summed E-state index contributed by atoms with van der Waals surface area (Å²) >= 11 is 0. The first-order valence-corrected chi connectivity index (χ1v) is 7.67. The van der Waals surface area contributed by atoms with Crippen LogP contribution in [-0.4, -0.2) is 36.1 Å². The molecular weight excluding hydrogens is 234 g/mol. The van der Waals surface area contributed by atoms with Gasteiger partial charge in [0.25, 0.3) is 0 Å². The smallest absolute Gasteiger partial charge is 0.0366 e. The van der Waals surface area contributed by atoms with Crippen LogP contribution in [0.4, 0.5) is 0 Å². The maximum absolute atomic E-state index is 4.30. The van der Waals surface area contributed by atoms with Crippen molar-refractivity contribution in [3.63, 3.8) is 0 Å². The zero-order valence-electron chi connectivity index (χ0n) is 11.9. The van der Waals surface area contributed by atoms with Crippen molar-refractivity contribution in [2.75, 3.05) is 26.2 Å². The summed E-state index contributed by atoms with van der Waals surface area (Å²) in [7, 11) is 0. The first-order chi connectivity index (χ1) is 9.33. The van der Waals surface area contributed by atoms with E-state index in [-0.39, 0.29) is 0 Å². The normalized spacial score (nSPS) is 29.7. The molecule has 2 saturated heterocycles. The van der Waals surface area contributed by atoms with Crippen molar-refractivity contribution in [2.45, 2.75) is 32.2 Å². The molecule has 1 N–H and O–H groups in total. The molecule has 3 rings (SSSR count). The van der Waals surface area contributed by atoms with Gasteiger partial charge < -0.3 is 5.32 Å². The summed E-state index contributed by atoms with van der Waals surface area (Å²) in [6, 6.07) is 4.91. The number of nitrogens with zero attached hydrogens (tertiary/aromatic N) is 2. The van der Waals surface area contributed by atoms with E-state index in [1.807, 2.05) is 6.20 Å². The zero-order valence-corrected chi connectivity index (χ0v) is 11.9. The van der Waals surface area contributed by atoms with Crippen LogP contribution in [0, 0.1) is 11.8 Å². The van der Waals surface area contributed by atoms with E-state index in [0.717, 1.165) is 11.8 Å². The molecule has 0 amide bonds. The number of aromatic nitrogens is 1. The topological polar surface area (TPSA) is 28.2 Å². The second-order valence-electron chi connectivity index (χ2n) is 6.29. The summed E-state index contributed by atoms with van der Waals surface area (Å²) < 4.78 is 0. The molecule has 0 spiro atoms. The van der Waals surface area contributed by atoms with Crippen molar-refractivity contribution in [2.24, 2.45) is 11.8 Å². The Balaban J connectivity index is 1.68. The van der Waals surface area contributed by atoms with Crippen LogP contribution in [0.1, 0.15) is 37.8 Å². The van der Waals surface area contributed by atoms with Crippen LogP contribution in [-0.2, 0) is 0 Å². The lowest BCUT2D eigenvalue weighted by Crippen LogP contribution is -2.36. The Morgan fingerprint density at radius 2 is 2.21 bits per heavy atom. The summed E-state index contributed by atoms with van der Waals surface area (Å²) in [6.07, 6.45) is 7.89. The largest absolute Gasteiger partial charge is 0.317 e. The Morgan fingerprint density at radius 3 is 2.95 bits per heavy atom. The molecule has 2 aliphatic heterocycles. The van der Waals surface area contributed by atoms with E-state index in [4.69, 9.17) is 0 Å². The van der Waals surface area contributed by atoms with Crippen LogP contribution in [0.3, 0.4) is 0 Å². The molecule has 0 aliphatic carbocycles. The highest BCUT2D eigenvalue weighted by Crippen LogP contribution is 2.36. The molecule has 3 heterocycles. The van der Waals surface area contributed by atoms with Crippen molar-refractivity contribution < 1.29 is 0 Å². The highest BCUT2D eigenvalue weighted by molar-refractivity contribution is 5.16. The predicted molar refractivity (Wildman–Crippen MR) is 77.9 cm³/mol. The van der Waals surface area contributed by atoms with Gasteiger partial charge in [-0.2, -0.15) is 0 Å². The van der Waals surface area contributed by atoms with Crippen LogP contribution in [0.5, 0.6) is 0 Å². The lowest BCUT2D eigenvalue weighted by molar-refractivity contribution is 0.190. The fourth-order valence-corrected chi connectivity index (χ4v) is 3.65. The van der Waals surface area contributed by atoms with Crippen LogP contribution < -0.4 is 5.32 Å². The van der Waals surface area contributed by atoms with Gasteiger partial charge in [0.15, 0.2) is 0 Å². The predicted octanol–water partition coefficient (Wildman–Crippen LogP) is 2.46. The van der Waals surface area contributed by atoms with E-state index in [2.05, 4.69) is 40.5 Å². The molecule has 2 atom stereocenters. The minimum atomic E-state index is 0.596. The second-order valence-corrected chi connectivity index (χ2v) is 6.29. The van der Waals surface area contributed by atoms with Gasteiger partial charge in [0.05, 0.1) is 0 Å². The Bertz CT molecular complexity index is 386. The van der Waals surface area contributed by atoms with Crippen molar-refractivity contribution in [3.8, 4) is 0 Å². The summed E-state index contributed by atoms with van der Waals surface area (Å²) in [6.45, 7) is 7.30. The van der Waals surface area contributed by atoms with Crippen molar-refractivity contribution in [3.05, 3.63) is 30.1 Å². The molecule has 104 valence electrons. The van der Waals surface area contributed by atoms with Gasteiger partial charge in [-0.05, 0) is 55.8 Å². The molecule has 2 unspecified atom stereocenters. The number of pyridine rings is 1. The third-order valence-corrected chi connectivity index (χ3v) is 4.63. The van der Waals surface area contributed by atoms with Gasteiger partial charge in [0.1, 0.15) is 0 Å². The van der Waals surface area contributed by atoms with E-state index >= 15 is 0 Å². The Labute approximate surface area is 116 Å². The fraction of sp³-hybridized carbons (Fsp3) is 0.688.